The number of nitrogens with zero attached hydrogens (tertiary/aromatic N) is 1. The largest absolute Gasteiger partial charge is 0.378 e. The van der Waals surface area contributed by atoms with Crippen molar-refractivity contribution in [3.8, 4) is 0 Å². The van der Waals surface area contributed by atoms with Gasteiger partial charge in [-0.1, -0.05) is 12.1 Å². The molecule has 0 bridgehead atoms. The number of alkyl halides is 1. The Bertz CT molecular complexity index is 339. The van der Waals surface area contributed by atoms with Crippen molar-refractivity contribution in [2.75, 3.05) is 31.4 Å². The fraction of sp³-hybridized carbons (Fsp3) is 0.500. The first-order valence-electron chi connectivity index (χ1n) is 5.43. The Kier molecular flexibility index (Phi) is 3.69. The van der Waals surface area contributed by atoms with E-state index in [0.717, 1.165) is 12.1 Å². The Balaban J connectivity index is 2.05. The van der Waals surface area contributed by atoms with Crippen molar-refractivity contribution in [3.63, 3.8) is 0 Å². The summed E-state index contributed by atoms with van der Waals surface area (Å²) in [6.07, 6.45) is 0.111. The van der Waals surface area contributed by atoms with E-state index in [4.69, 9.17) is 16.3 Å². The Morgan fingerprint density at radius 2 is 2.06 bits per heavy atom. The lowest BCUT2D eigenvalue weighted by Crippen LogP contribution is -2.16. The van der Waals surface area contributed by atoms with Crippen molar-refractivity contribution < 1.29 is 4.74 Å². The standard InChI is InChI=1S/C12H17ClN2O/c1-15(2)10-5-3-9(4-6-10)12-14-8-11(7-13)16-12/h3-6,11-12,14H,7-8H2,1-2H3/t11-,12+/m0/s1. The predicted molar refractivity (Wildman–Crippen MR) is 67.1 cm³/mol. The van der Waals surface area contributed by atoms with Gasteiger partial charge in [0.05, 0.1) is 6.10 Å². The van der Waals surface area contributed by atoms with Crippen molar-refractivity contribution >= 4 is 17.3 Å². The van der Waals surface area contributed by atoms with Gasteiger partial charge in [-0.05, 0) is 17.7 Å². The molecule has 16 heavy (non-hydrogen) atoms. The molecule has 0 spiro atoms. The van der Waals surface area contributed by atoms with Crippen LogP contribution in [-0.4, -0.2) is 32.6 Å². The summed E-state index contributed by atoms with van der Waals surface area (Å²) in [7, 11) is 4.06. The van der Waals surface area contributed by atoms with E-state index in [1.807, 2.05) is 14.1 Å². The molecule has 1 saturated heterocycles. The van der Waals surface area contributed by atoms with E-state index in [2.05, 4.69) is 34.5 Å². The van der Waals surface area contributed by atoms with Gasteiger partial charge in [-0.15, -0.1) is 11.6 Å². The van der Waals surface area contributed by atoms with Gasteiger partial charge < -0.3 is 9.64 Å². The fourth-order valence-electron chi connectivity index (χ4n) is 1.76. The second kappa shape index (κ2) is 5.04. The third-order valence-corrected chi connectivity index (χ3v) is 3.09. The SMILES string of the molecule is CN(C)c1ccc([C@@H]2NC[C@H](CCl)O2)cc1. The minimum absolute atomic E-state index is 0.0139. The molecule has 88 valence electrons. The third kappa shape index (κ3) is 2.48. The highest BCUT2D eigenvalue weighted by atomic mass is 35.5. The summed E-state index contributed by atoms with van der Waals surface area (Å²) in [4.78, 5) is 2.08. The highest BCUT2D eigenvalue weighted by Gasteiger charge is 2.24. The molecule has 1 fully saturated rings. The lowest BCUT2D eigenvalue weighted by Gasteiger charge is -2.15. The van der Waals surface area contributed by atoms with Gasteiger partial charge in [-0.2, -0.15) is 0 Å². The average Bonchev–Trinajstić information content (AvgIpc) is 2.77. The summed E-state index contributed by atoms with van der Waals surface area (Å²) in [5.74, 6) is 0.541. The normalized spacial score (nSPS) is 24.7. The summed E-state index contributed by atoms with van der Waals surface area (Å²) in [5.41, 5.74) is 2.34. The van der Waals surface area contributed by atoms with E-state index in [1.54, 1.807) is 0 Å². The highest BCUT2D eigenvalue weighted by Crippen LogP contribution is 2.23. The van der Waals surface area contributed by atoms with Gasteiger partial charge in [0.1, 0.15) is 6.23 Å². The molecule has 1 N–H and O–H groups in total. The number of ether oxygens (including phenoxy) is 1. The van der Waals surface area contributed by atoms with Crippen LogP contribution in [0.3, 0.4) is 0 Å². The van der Waals surface area contributed by atoms with Crippen LogP contribution >= 0.6 is 11.6 Å². The van der Waals surface area contributed by atoms with Gasteiger partial charge in [0.15, 0.2) is 0 Å². The second-order valence-corrected chi connectivity index (χ2v) is 4.50. The van der Waals surface area contributed by atoms with Crippen molar-refractivity contribution in [3.05, 3.63) is 29.8 Å². The van der Waals surface area contributed by atoms with E-state index >= 15 is 0 Å². The number of anilines is 1. The van der Waals surface area contributed by atoms with Crippen molar-refractivity contribution in [2.45, 2.75) is 12.3 Å². The van der Waals surface area contributed by atoms with Crippen LogP contribution in [0.4, 0.5) is 5.69 Å². The second-order valence-electron chi connectivity index (χ2n) is 4.19. The smallest absolute Gasteiger partial charge is 0.134 e. The molecule has 4 heteroatoms. The molecule has 1 aliphatic heterocycles. The number of hydrogen-bond donors (Lipinski definition) is 1. The van der Waals surface area contributed by atoms with E-state index in [-0.39, 0.29) is 12.3 Å². The molecule has 0 amide bonds. The van der Waals surface area contributed by atoms with E-state index in [1.165, 1.54) is 5.69 Å². The maximum Gasteiger partial charge on any atom is 0.134 e. The zero-order valence-electron chi connectivity index (χ0n) is 9.61. The zero-order valence-corrected chi connectivity index (χ0v) is 10.4. The first-order valence-corrected chi connectivity index (χ1v) is 5.96. The molecule has 3 nitrogen and oxygen atoms in total. The summed E-state index contributed by atoms with van der Waals surface area (Å²) < 4.78 is 5.74. The van der Waals surface area contributed by atoms with Gasteiger partial charge in [-0.3, -0.25) is 5.32 Å². The van der Waals surface area contributed by atoms with Gasteiger partial charge in [0.2, 0.25) is 0 Å². The number of nitrogens with one attached hydrogen (secondary N) is 1. The molecule has 2 atom stereocenters. The minimum atomic E-state index is -0.0139. The molecule has 0 aliphatic carbocycles. The zero-order chi connectivity index (χ0) is 11.5. The van der Waals surface area contributed by atoms with Gasteiger partial charge in [0, 0.05) is 32.2 Å². The summed E-state index contributed by atoms with van der Waals surface area (Å²) >= 11 is 5.76. The molecule has 1 aromatic rings. The molecule has 0 aromatic heterocycles. The lowest BCUT2D eigenvalue weighted by atomic mass is 10.2. The predicted octanol–water partition coefficient (Wildman–Crippen LogP) is 1.98. The van der Waals surface area contributed by atoms with Crippen LogP contribution in [-0.2, 0) is 4.74 Å². The van der Waals surface area contributed by atoms with Crippen molar-refractivity contribution in [2.24, 2.45) is 0 Å². The molecule has 1 aliphatic rings. The molecular formula is C12H17ClN2O. The Hall–Kier alpha value is -0.770. The van der Waals surface area contributed by atoms with E-state index in [9.17, 15) is 0 Å². The van der Waals surface area contributed by atoms with Crippen LogP contribution in [0.2, 0.25) is 0 Å². The maximum atomic E-state index is 5.76. The summed E-state index contributed by atoms with van der Waals surface area (Å²) in [6, 6.07) is 8.36. The van der Waals surface area contributed by atoms with E-state index < -0.39 is 0 Å². The van der Waals surface area contributed by atoms with Crippen LogP contribution in [0.25, 0.3) is 0 Å². The average molecular weight is 241 g/mol. The van der Waals surface area contributed by atoms with Gasteiger partial charge in [0.25, 0.3) is 0 Å². The minimum Gasteiger partial charge on any atom is -0.378 e. The lowest BCUT2D eigenvalue weighted by molar-refractivity contribution is 0.0528. The quantitative estimate of drug-likeness (QED) is 0.818. The first kappa shape index (κ1) is 11.7. The van der Waals surface area contributed by atoms with Gasteiger partial charge in [-0.25, -0.2) is 0 Å². The Labute approximate surface area is 101 Å². The van der Waals surface area contributed by atoms with Crippen LogP contribution in [0.5, 0.6) is 0 Å². The summed E-state index contributed by atoms with van der Waals surface area (Å²) in [6.45, 7) is 0.823. The molecule has 0 saturated carbocycles. The maximum absolute atomic E-state index is 5.76. The molecule has 0 unspecified atom stereocenters. The molecule has 1 aromatic carbocycles. The van der Waals surface area contributed by atoms with Crippen LogP contribution in [0.15, 0.2) is 24.3 Å². The van der Waals surface area contributed by atoms with Crippen LogP contribution < -0.4 is 10.2 Å². The number of rotatable bonds is 3. The highest BCUT2D eigenvalue weighted by molar-refractivity contribution is 6.18. The molecule has 0 radical (unpaired) electrons. The number of benzene rings is 1. The Morgan fingerprint density at radius 3 is 2.56 bits per heavy atom. The molecule has 2 rings (SSSR count). The monoisotopic (exact) mass is 240 g/mol. The van der Waals surface area contributed by atoms with E-state index in [0.29, 0.717) is 5.88 Å². The third-order valence-electron chi connectivity index (χ3n) is 2.74. The van der Waals surface area contributed by atoms with Crippen LogP contribution in [0, 0.1) is 0 Å². The molecule has 1 heterocycles. The number of halogens is 1. The fourth-order valence-corrected chi connectivity index (χ4v) is 1.94. The summed E-state index contributed by atoms with van der Waals surface area (Å²) in [5, 5.41) is 3.30. The van der Waals surface area contributed by atoms with Crippen molar-refractivity contribution in [1.82, 2.24) is 5.32 Å². The van der Waals surface area contributed by atoms with Crippen LogP contribution in [0.1, 0.15) is 11.8 Å². The topological polar surface area (TPSA) is 24.5 Å². The van der Waals surface area contributed by atoms with Crippen molar-refractivity contribution in [1.29, 1.82) is 0 Å². The first-order chi connectivity index (χ1) is 7.70. The Morgan fingerprint density at radius 1 is 1.38 bits per heavy atom. The molecular weight excluding hydrogens is 224 g/mol. The number of hydrogen-bond acceptors (Lipinski definition) is 3. The van der Waals surface area contributed by atoms with Gasteiger partial charge >= 0.3 is 0 Å².